The quantitative estimate of drug-likeness (QED) is 0.793. The summed E-state index contributed by atoms with van der Waals surface area (Å²) in [4.78, 5) is 6.82. The van der Waals surface area contributed by atoms with Crippen molar-refractivity contribution in [1.82, 2.24) is 9.97 Å². The number of alkyl halides is 3. The number of ether oxygens (including phenoxy) is 1. The van der Waals surface area contributed by atoms with Crippen molar-refractivity contribution >= 4 is 5.95 Å². The Kier molecular flexibility index (Phi) is 3.28. The van der Waals surface area contributed by atoms with Gasteiger partial charge < -0.3 is 10.1 Å². The second-order valence-corrected chi connectivity index (χ2v) is 2.50. The van der Waals surface area contributed by atoms with Crippen LogP contribution < -0.4 is 10.1 Å². The van der Waals surface area contributed by atoms with Gasteiger partial charge in [-0.1, -0.05) is 0 Å². The Morgan fingerprint density at radius 1 is 1.47 bits per heavy atom. The Bertz CT molecular complexity index is 341. The van der Waals surface area contributed by atoms with E-state index in [1.54, 1.807) is 0 Å². The molecule has 0 atom stereocenters. The van der Waals surface area contributed by atoms with Crippen LogP contribution in [0.25, 0.3) is 0 Å². The number of rotatable bonds is 3. The zero-order valence-electron chi connectivity index (χ0n) is 7.60. The standard InChI is InChI=1S/C7H7F4N3O/c1-12-6-13-2-4(8)5(14-6)15-3-7(9,10)11/h2H,3H2,1H3,(H,12,13,14). The van der Waals surface area contributed by atoms with Crippen LogP contribution in [0.5, 0.6) is 5.88 Å². The average Bonchev–Trinajstić information content (AvgIpc) is 2.15. The predicted molar refractivity (Wildman–Crippen MR) is 43.1 cm³/mol. The Morgan fingerprint density at radius 2 is 2.13 bits per heavy atom. The molecule has 1 rings (SSSR count). The van der Waals surface area contributed by atoms with Crippen LogP contribution >= 0.6 is 0 Å². The van der Waals surface area contributed by atoms with E-state index in [0.29, 0.717) is 0 Å². The molecule has 15 heavy (non-hydrogen) atoms. The first-order valence-electron chi connectivity index (χ1n) is 3.82. The summed E-state index contributed by atoms with van der Waals surface area (Å²) < 4.78 is 52.2. The normalized spacial score (nSPS) is 11.3. The van der Waals surface area contributed by atoms with Crippen LogP contribution in [-0.4, -0.2) is 29.8 Å². The monoisotopic (exact) mass is 225 g/mol. The third kappa shape index (κ3) is 3.56. The SMILES string of the molecule is CNc1ncc(F)c(OCC(F)(F)F)n1. The second kappa shape index (κ2) is 4.28. The molecule has 0 aliphatic carbocycles. The van der Waals surface area contributed by atoms with Crippen LogP contribution in [0.1, 0.15) is 0 Å². The summed E-state index contributed by atoms with van der Waals surface area (Å²) in [7, 11) is 1.45. The summed E-state index contributed by atoms with van der Waals surface area (Å²) in [6, 6.07) is 0. The summed E-state index contributed by atoms with van der Waals surface area (Å²) in [6.07, 6.45) is -3.80. The van der Waals surface area contributed by atoms with Crippen molar-refractivity contribution in [2.24, 2.45) is 0 Å². The molecule has 0 saturated carbocycles. The number of aromatic nitrogens is 2. The van der Waals surface area contributed by atoms with E-state index in [-0.39, 0.29) is 5.95 Å². The summed E-state index contributed by atoms with van der Waals surface area (Å²) in [5, 5.41) is 2.44. The van der Waals surface area contributed by atoms with Crippen LogP contribution in [-0.2, 0) is 0 Å². The molecule has 0 aliphatic heterocycles. The molecule has 0 saturated heterocycles. The maximum atomic E-state index is 12.8. The lowest BCUT2D eigenvalue weighted by Gasteiger charge is -2.09. The Labute approximate surface area is 82.3 Å². The number of hydrogen-bond donors (Lipinski definition) is 1. The Morgan fingerprint density at radius 3 is 2.67 bits per heavy atom. The van der Waals surface area contributed by atoms with Gasteiger partial charge in [0.05, 0.1) is 6.20 Å². The van der Waals surface area contributed by atoms with Crippen LogP contribution in [0.15, 0.2) is 6.20 Å². The highest BCUT2D eigenvalue weighted by atomic mass is 19.4. The van der Waals surface area contributed by atoms with Crippen molar-refractivity contribution in [3.05, 3.63) is 12.0 Å². The lowest BCUT2D eigenvalue weighted by molar-refractivity contribution is -0.154. The van der Waals surface area contributed by atoms with Gasteiger partial charge in [-0.15, -0.1) is 0 Å². The van der Waals surface area contributed by atoms with Gasteiger partial charge in [0, 0.05) is 7.05 Å². The van der Waals surface area contributed by atoms with Crippen molar-refractivity contribution in [3.8, 4) is 5.88 Å². The van der Waals surface area contributed by atoms with E-state index >= 15 is 0 Å². The fourth-order valence-corrected chi connectivity index (χ4v) is 0.723. The first-order chi connectivity index (χ1) is 6.92. The molecule has 84 valence electrons. The van der Waals surface area contributed by atoms with E-state index in [9.17, 15) is 17.6 Å². The van der Waals surface area contributed by atoms with E-state index in [0.717, 1.165) is 6.20 Å². The summed E-state index contributed by atoms with van der Waals surface area (Å²) >= 11 is 0. The molecule has 0 bridgehead atoms. The minimum absolute atomic E-state index is 0.0198. The van der Waals surface area contributed by atoms with Crippen LogP contribution in [0.4, 0.5) is 23.5 Å². The van der Waals surface area contributed by atoms with Gasteiger partial charge in [-0.3, -0.25) is 0 Å². The first kappa shape index (κ1) is 11.5. The predicted octanol–water partition coefficient (Wildman–Crippen LogP) is 1.60. The Balaban J connectivity index is 2.75. The van der Waals surface area contributed by atoms with Crippen molar-refractivity contribution < 1.29 is 22.3 Å². The number of nitrogens with zero attached hydrogens (tertiary/aromatic N) is 2. The molecular weight excluding hydrogens is 218 g/mol. The summed E-state index contributed by atoms with van der Waals surface area (Å²) in [5.74, 6) is -1.79. The van der Waals surface area contributed by atoms with E-state index in [1.807, 2.05) is 0 Å². The van der Waals surface area contributed by atoms with Gasteiger partial charge in [-0.25, -0.2) is 4.98 Å². The molecule has 8 heteroatoms. The number of nitrogens with one attached hydrogen (secondary N) is 1. The number of hydrogen-bond acceptors (Lipinski definition) is 4. The lowest BCUT2D eigenvalue weighted by Crippen LogP contribution is -2.20. The topological polar surface area (TPSA) is 47.0 Å². The molecule has 1 N–H and O–H groups in total. The number of anilines is 1. The summed E-state index contributed by atoms with van der Waals surface area (Å²) in [6.45, 7) is -1.59. The van der Waals surface area contributed by atoms with Gasteiger partial charge in [-0.05, 0) is 0 Å². The molecule has 0 unspecified atom stereocenters. The molecule has 4 nitrogen and oxygen atoms in total. The summed E-state index contributed by atoms with van der Waals surface area (Å²) in [5.41, 5.74) is 0. The van der Waals surface area contributed by atoms with Crippen molar-refractivity contribution in [2.45, 2.75) is 6.18 Å². The highest BCUT2D eigenvalue weighted by molar-refractivity contribution is 5.27. The zero-order valence-corrected chi connectivity index (χ0v) is 7.60. The van der Waals surface area contributed by atoms with Crippen molar-refractivity contribution in [3.63, 3.8) is 0 Å². The minimum atomic E-state index is -4.53. The molecule has 1 heterocycles. The minimum Gasteiger partial charge on any atom is -0.466 e. The fourth-order valence-electron chi connectivity index (χ4n) is 0.723. The van der Waals surface area contributed by atoms with E-state index in [4.69, 9.17) is 0 Å². The maximum Gasteiger partial charge on any atom is 0.422 e. The molecule has 0 fully saturated rings. The molecule has 0 aromatic carbocycles. The molecule has 0 radical (unpaired) electrons. The van der Waals surface area contributed by atoms with Gasteiger partial charge in [0.15, 0.2) is 6.61 Å². The van der Waals surface area contributed by atoms with Crippen LogP contribution in [0, 0.1) is 5.82 Å². The molecule has 1 aromatic rings. The largest absolute Gasteiger partial charge is 0.466 e. The third-order valence-electron chi connectivity index (χ3n) is 1.31. The second-order valence-electron chi connectivity index (χ2n) is 2.50. The van der Waals surface area contributed by atoms with Crippen LogP contribution in [0.3, 0.4) is 0 Å². The Hall–Kier alpha value is -1.60. The van der Waals surface area contributed by atoms with E-state index < -0.39 is 24.5 Å². The highest BCUT2D eigenvalue weighted by Gasteiger charge is 2.29. The van der Waals surface area contributed by atoms with Gasteiger partial charge in [0.2, 0.25) is 11.8 Å². The van der Waals surface area contributed by atoms with E-state index in [1.165, 1.54) is 7.05 Å². The van der Waals surface area contributed by atoms with Gasteiger partial charge in [-0.2, -0.15) is 22.5 Å². The third-order valence-corrected chi connectivity index (χ3v) is 1.31. The zero-order chi connectivity index (χ0) is 11.5. The molecule has 0 spiro atoms. The van der Waals surface area contributed by atoms with Crippen molar-refractivity contribution in [2.75, 3.05) is 19.0 Å². The molecule has 0 aliphatic rings. The van der Waals surface area contributed by atoms with Crippen LogP contribution in [0.2, 0.25) is 0 Å². The van der Waals surface area contributed by atoms with Gasteiger partial charge in [0.1, 0.15) is 0 Å². The van der Waals surface area contributed by atoms with Crippen molar-refractivity contribution in [1.29, 1.82) is 0 Å². The molecule has 1 aromatic heterocycles. The maximum absolute atomic E-state index is 12.8. The average molecular weight is 225 g/mol. The van der Waals surface area contributed by atoms with Gasteiger partial charge >= 0.3 is 6.18 Å². The highest BCUT2D eigenvalue weighted by Crippen LogP contribution is 2.19. The fraction of sp³-hybridized carbons (Fsp3) is 0.429. The smallest absolute Gasteiger partial charge is 0.422 e. The lowest BCUT2D eigenvalue weighted by atomic mass is 10.6. The number of halogens is 4. The molecule has 0 amide bonds. The van der Waals surface area contributed by atoms with E-state index in [2.05, 4.69) is 20.0 Å². The van der Waals surface area contributed by atoms with Gasteiger partial charge in [0.25, 0.3) is 5.88 Å². The molecular formula is C7H7F4N3O. The first-order valence-corrected chi connectivity index (χ1v) is 3.82.